The van der Waals surface area contributed by atoms with Gasteiger partial charge in [-0.1, -0.05) is 43.0 Å². The lowest BCUT2D eigenvalue weighted by molar-refractivity contribution is -0.128. The van der Waals surface area contributed by atoms with Gasteiger partial charge in [0, 0.05) is 11.5 Å². The summed E-state index contributed by atoms with van der Waals surface area (Å²) in [5.41, 5.74) is 0. The third-order valence-corrected chi connectivity index (χ3v) is 3.08. The number of benzene rings is 3. The SMILES string of the molecule is C=CC(=O)Oc1cccc2cc3ccccc3cc12. The van der Waals surface area contributed by atoms with Crippen molar-refractivity contribution in [3.63, 3.8) is 0 Å². The molecular weight excluding hydrogens is 236 g/mol. The van der Waals surface area contributed by atoms with Crippen molar-refractivity contribution in [3.05, 3.63) is 67.3 Å². The Labute approximate surface area is 110 Å². The topological polar surface area (TPSA) is 26.3 Å². The smallest absolute Gasteiger partial charge is 0.335 e. The van der Waals surface area contributed by atoms with Crippen LogP contribution in [0.3, 0.4) is 0 Å². The van der Waals surface area contributed by atoms with Crippen LogP contribution in [-0.2, 0) is 4.79 Å². The van der Waals surface area contributed by atoms with E-state index in [0.717, 1.165) is 16.2 Å². The van der Waals surface area contributed by atoms with Gasteiger partial charge in [-0.2, -0.15) is 0 Å². The second-order valence-corrected chi connectivity index (χ2v) is 4.30. The Morgan fingerprint density at radius 1 is 0.947 bits per heavy atom. The largest absolute Gasteiger partial charge is 0.423 e. The molecule has 0 aliphatic heterocycles. The molecule has 0 radical (unpaired) electrons. The van der Waals surface area contributed by atoms with Gasteiger partial charge in [-0.25, -0.2) is 4.79 Å². The number of esters is 1. The monoisotopic (exact) mass is 248 g/mol. The molecule has 0 saturated carbocycles. The molecule has 2 nitrogen and oxygen atoms in total. The van der Waals surface area contributed by atoms with Crippen molar-refractivity contribution in [2.24, 2.45) is 0 Å². The highest BCUT2D eigenvalue weighted by molar-refractivity contribution is 6.01. The maximum atomic E-state index is 11.3. The van der Waals surface area contributed by atoms with Gasteiger partial charge in [0.2, 0.25) is 0 Å². The molecule has 0 unspecified atom stereocenters. The number of carbonyl (C=O) groups is 1. The molecule has 0 heterocycles. The molecular formula is C17H12O2. The number of ether oxygens (including phenoxy) is 1. The molecule has 0 aromatic heterocycles. The molecule has 3 aromatic carbocycles. The number of rotatable bonds is 2. The molecule has 19 heavy (non-hydrogen) atoms. The molecule has 3 aromatic rings. The van der Waals surface area contributed by atoms with Crippen molar-refractivity contribution >= 4 is 27.5 Å². The summed E-state index contributed by atoms with van der Waals surface area (Å²) in [6, 6.07) is 17.9. The van der Waals surface area contributed by atoms with Crippen molar-refractivity contribution in [1.29, 1.82) is 0 Å². The molecule has 92 valence electrons. The maximum absolute atomic E-state index is 11.3. The predicted molar refractivity (Wildman–Crippen MR) is 77.3 cm³/mol. The highest BCUT2D eigenvalue weighted by atomic mass is 16.5. The zero-order valence-corrected chi connectivity index (χ0v) is 10.3. The Balaban J connectivity index is 2.25. The molecule has 0 bridgehead atoms. The lowest BCUT2D eigenvalue weighted by Gasteiger charge is -2.07. The van der Waals surface area contributed by atoms with Gasteiger partial charge < -0.3 is 4.74 Å². The molecule has 0 N–H and O–H groups in total. The van der Waals surface area contributed by atoms with E-state index in [9.17, 15) is 4.79 Å². The Kier molecular flexibility index (Phi) is 2.76. The highest BCUT2D eigenvalue weighted by Gasteiger charge is 2.06. The van der Waals surface area contributed by atoms with Gasteiger partial charge in [-0.05, 0) is 34.4 Å². The van der Waals surface area contributed by atoms with E-state index in [1.165, 1.54) is 11.5 Å². The highest BCUT2D eigenvalue weighted by Crippen LogP contribution is 2.30. The van der Waals surface area contributed by atoms with E-state index in [0.29, 0.717) is 5.75 Å². The fourth-order valence-corrected chi connectivity index (χ4v) is 2.18. The average Bonchev–Trinajstić information content (AvgIpc) is 2.45. The van der Waals surface area contributed by atoms with E-state index in [2.05, 4.69) is 18.7 Å². The van der Waals surface area contributed by atoms with Gasteiger partial charge in [0.15, 0.2) is 0 Å². The first-order valence-corrected chi connectivity index (χ1v) is 6.04. The Bertz CT molecular complexity index is 787. The van der Waals surface area contributed by atoms with Gasteiger partial charge >= 0.3 is 5.97 Å². The van der Waals surface area contributed by atoms with E-state index >= 15 is 0 Å². The minimum absolute atomic E-state index is 0.444. The summed E-state index contributed by atoms with van der Waals surface area (Å²) in [5.74, 6) is 0.119. The molecule has 0 amide bonds. The maximum Gasteiger partial charge on any atom is 0.335 e. The number of hydrogen-bond donors (Lipinski definition) is 0. The second kappa shape index (κ2) is 4.58. The Morgan fingerprint density at radius 3 is 2.37 bits per heavy atom. The summed E-state index contributed by atoms with van der Waals surface area (Å²) >= 11 is 0. The summed E-state index contributed by atoms with van der Waals surface area (Å²) in [7, 11) is 0. The van der Waals surface area contributed by atoms with Crippen LogP contribution in [0.2, 0.25) is 0 Å². The molecule has 0 atom stereocenters. The Hall–Kier alpha value is -2.61. The molecule has 0 aliphatic rings. The van der Waals surface area contributed by atoms with Gasteiger partial charge in [0.1, 0.15) is 5.75 Å². The number of hydrogen-bond acceptors (Lipinski definition) is 2. The van der Waals surface area contributed by atoms with Crippen LogP contribution in [0, 0.1) is 0 Å². The molecule has 0 fully saturated rings. The average molecular weight is 248 g/mol. The molecule has 0 saturated heterocycles. The molecule has 0 spiro atoms. The lowest BCUT2D eigenvalue weighted by atomic mass is 10.0. The molecule has 3 rings (SSSR count). The lowest BCUT2D eigenvalue weighted by Crippen LogP contribution is -2.03. The van der Waals surface area contributed by atoms with Gasteiger partial charge in [0.05, 0.1) is 0 Å². The quantitative estimate of drug-likeness (QED) is 0.295. The Morgan fingerprint density at radius 2 is 1.63 bits per heavy atom. The zero-order valence-electron chi connectivity index (χ0n) is 10.3. The van der Waals surface area contributed by atoms with Gasteiger partial charge in [0.25, 0.3) is 0 Å². The van der Waals surface area contributed by atoms with Crippen LogP contribution in [0.15, 0.2) is 67.3 Å². The molecule has 2 heteroatoms. The van der Waals surface area contributed by atoms with Gasteiger partial charge in [-0.3, -0.25) is 0 Å². The third kappa shape index (κ3) is 2.08. The van der Waals surface area contributed by atoms with Crippen LogP contribution in [0.5, 0.6) is 5.75 Å². The minimum atomic E-state index is -0.444. The van der Waals surface area contributed by atoms with Crippen LogP contribution in [-0.4, -0.2) is 5.97 Å². The summed E-state index contributed by atoms with van der Waals surface area (Å²) < 4.78 is 5.27. The first-order valence-electron chi connectivity index (χ1n) is 6.04. The van der Waals surface area contributed by atoms with Crippen LogP contribution < -0.4 is 4.74 Å². The van der Waals surface area contributed by atoms with E-state index in [1.807, 2.05) is 36.4 Å². The van der Waals surface area contributed by atoms with Crippen molar-refractivity contribution in [1.82, 2.24) is 0 Å². The second-order valence-electron chi connectivity index (χ2n) is 4.30. The van der Waals surface area contributed by atoms with E-state index < -0.39 is 5.97 Å². The normalized spacial score (nSPS) is 10.5. The third-order valence-electron chi connectivity index (χ3n) is 3.08. The first-order chi connectivity index (χ1) is 9.28. The van der Waals surface area contributed by atoms with Crippen molar-refractivity contribution in [2.45, 2.75) is 0 Å². The van der Waals surface area contributed by atoms with Crippen molar-refractivity contribution in [3.8, 4) is 5.75 Å². The van der Waals surface area contributed by atoms with Crippen LogP contribution in [0.1, 0.15) is 0 Å². The van der Waals surface area contributed by atoms with E-state index in [4.69, 9.17) is 4.74 Å². The number of carbonyl (C=O) groups excluding carboxylic acids is 1. The summed E-state index contributed by atoms with van der Waals surface area (Å²) in [4.78, 5) is 11.3. The minimum Gasteiger partial charge on any atom is -0.423 e. The fraction of sp³-hybridized carbons (Fsp3) is 0. The first kappa shape index (κ1) is 11.5. The van der Waals surface area contributed by atoms with Crippen molar-refractivity contribution in [2.75, 3.05) is 0 Å². The van der Waals surface area contributed by atoms with Crippen molar-refractivity contribution < 1.29 is 9.53 Å². The fourth-order valence-electron chi connectivity index (χ4n) is 2.18. The number of fused-ring (bicyclic) bond motifs is 2. The van der Waals surface area contributed by atoms with E-state index in [1.54, 1.807) is 6.07 Å². The predicted octanol–water partition coefficient (Wildman–Crippen LogP) is 4.08. The molecule has 0 aliphatic carbocycles. The summed E-state index contributed by atoms with van der Waals surface area (Å²) in [5, 5.41) is 4.27. The van der Waals surface area contributed by atoms with Crippen LogP contribution >= 0.6 is 0 Å². The van der Waals surface area contributed by atoms with Gasteiger partial charge in [-0.15, -0.1) is 0 Å². The van der Waals surface area contributed by atoms with Crippen LogP contribution in [0.4, 0.5) is 0 Å². The zero-order chi connectivity index (χ0) is 13.2. The summed E-state index contributed by atoms with van der Waals surface area (Å²) in [6.07, 6.45) is 1.17. The summed E-state index contributed by atoms with van der Waals surface area (Å²) in [6.45, 7) is 3.41. The van der Waals surface area contributed by atoms with E-state index in [-0.39, 0.29) is 0 Å². The van der Waals surface area contributed by atoms with Crippen LogP contribution in [0.25, 0.3) is 21.5 Å². The standard InChI is InChI=1S/C17H12O2/c1-2-17(18)19-16-9-5-8-14-10-12-6-3-4-7-13(12)11-15(14)16/h2-11H,1H2.